The van der Waals surface area contributed by atoms with Gasteiger partial charge in [-0.2, -0.15) is 0 Å². The van der Waals surface area contributed by atoms with Gasteiger partial charge in [0.1, 0.15) is 0 Å². The molecule has 2 rings (SSSR count). The summed E-state index contributed by atoms with van der Waals surface area (Å²) in [4.78, 5) is 0. The van der Waals surface area contributed by atoms with Gasteiger partial charge < -0.3 is 29.6 Å². The minimum Gasteiger partial charge on any atom is -0.385 e. The predicted octanol–water partition coefficient (Wildman–Crippen LogP) is 1.05. The van der Waals surface area contributed by atoms with Gasteiger partial charge in [0, 0.05) is 53.6 Å². The van der Waals surface area contributed by atoms with E-state index in [1.807, 2.05) is 0 Å². The Hall–Kier alpha value is -0.240. The number of hydrogen-bond acceptors (Lipinski definition) is 6. The zero-order chi connectivity index (χ0) is 16.1. The molecule has 0 saturated carbocycles. The fourth-order valence-corrected chi connectivity index (χ4v) is 1.88. The van der Waals surface area contributed by atoms with E-state index in [4.69, 9.17) is 18.9 Å². The summed E-state index contributed by atoms with van der Waals surface area (Å²) in [5.74, 6) is 0. The van der Waals surface area contributed by atoms with Gasteiger partial charge in [0.05, 0.1) is 26.4 Å². The molecule has 2 fully saturated rings. The number of unbranched alkanes of at least 4 members (excludes halogenated alkanes) is 3. The summed E-state index contributed by atoms with van der Waals surface area (Å²) in [6, 6.07) is 0. The van der Waals surface area contributed by atoms with E-state index in [9.17, 15) is 0 Å². The molecule has 2 heterocycles. The van der Waals surface area contributed by atoms with Crippen LogP contribution in [-0.4, -0.2) is 80.0 Å². The molecule has 0 aromatic heterocycles. The van der Waals surface area contributed by atoms with Gasteiger partial charge in [-0.05, 0) is 12.8 Å². The fraction of sp³-hybridized carbons (Fsp3) is 1.00. The summed E-state index contributed by atoms with van der Waals surface area (Å²) in [7, 11) is 3.49. The number of rotatable bonds is 7. The zero-order valence-corrected chi connectivity index (χ0v) is 14.5. The quantitative estimate of drug-likeness (QED) is 0.684. The summed E-state index contributed by atoms with van der Waals surface area (Å²) < 4.78 is 19.8. The van der Waals surface area contributed by atoms with Crippen molar-refractivity contribution in [1.82, 2.24) is 10.6 Å². The van der Waals surface area contributed by atoms with Crippen LogP contribution in [0.5, 0.6) is 0 Å². The molecule has 0 aromatic rings. The maximum absolute atomic E-state index is 5.01. The molecule has 0 amide bonds. The van der Waals surface area contributed by atoms with Gasteiger partial charge >= 0.3 is 0 Å². The summed E-state index contributed by atoms with van der Waals surface area (Å²) in [6.45, 7) is 9.46. The molecular formula is C16H36N2O4. The summed E-state index contributed by atoms with van der Waals surface area (Å²) in [6.07, 6.45) is 4.88. The first kappa shape index (κ1) is 21.8. The van der Waals surface area contributed by atoms with Gasteiger partial charge in [0.25, 0.3) is 0 Å². The van der Waals surface area contributed by atoms with E-state index in [0.29, 0.717) is 0 Å². The molecule has 2 N–H and O–H groups in total. The zero-order valence-electron chi connectivity index (χ0n) is 14.5. The van der Waals surface area contributed by atoms with Gasteiger partial charge in [0.2, 0.25) is 0 Å². The summed E-state index contributed by atoms with van der Waals surface area (Å²) in [5.41, 5.74) is 0. The Morgan fingerprint density at radius 3 is 1.18 bits per heavy atom. The number of ether oxygens (including phenoxy) is 4. The number of nitrogens with one attached hydrogen (secondary N) is 2. The van der Waals surface area contributed by atoms with Crippen LogP contribution in [0.25, 0.3) is 0 Å². The summed E-state index contributed by atoms with van der Waals surface area (Å²) in [5, 5.41) is 6.32. The van der Waals surface area contributed by atoms with Crippen LogP contribution in [0.1, 0.15) is 25.7 Å². The average molecular weight is 320 g/mol. The lowest BCUT2D eigenvalue weighted by Crippen LogP contribution is -2.30. The molecule has 2 aliphatic rings. The highest BCUT2D eigenvalue weighted by Gasteiger charge is 1.93. The molecule has 2 saturated heterocycles. The van der Waals surface area contributed by atoms with E-state index in [2.05, 4.69) is 10.6 Å². The van der Waals surface area contributed by atoms with Crippen molar-refractivity contribution in [2.75, 3.05) is 80.0 Å². The Bertz CT molecular complexity index is 146. The summed E-state index contributed by atoms with van der Waals surface area (Å²) >= 11 is 0. The number of hydrogen-bond donors (Lipinski definition) is 2. The van der Waals surface area contributed by atoms with Crippen molar-refractivity contribution in [3.8, 4) is 0 Å². The van der Waals surface area contributed by atoms with Gasteiger partial charge in [-0.1, -0.05) is 12.8 Å². The van der Waals surface area contributed by atoms with E-state index in [1.165, 1.54) is 25.7 Å². The van der Waals surface area contributed by atoms with Crippen molar-refractivity contribution in [3.63, 3.8) is 0 Å². The molecular weight excluding hydrogens is 284 g/mol. The van der Waals surface area contributed by atoms with E-state index in [0.717, 1.165) is 65.8 Å². The van der Waals surface area contributed by atoms with Crippen LogP contribution >= 0.6 is 0 Å². The lowest BCUT2D eigenvalue weighted by molar-refractivity contribution is 0.109. The van der Waals surface area contributed by atoms with Crippen molar-refractivity contribution in [2.24, 2.45) is 0 Å². The Labute approximate surface area is 136 Å². The van der Waals surface area contributed by atoms with Crippen molar-refractivity contribution in [1.29, 1.82) is 0 Å². The second kappa shape index (κ2) is 20.8. The third kappa shape index (κ3) is 19.8. The smallest absolute Gasteiger partial charge is 0.0591 e. The Balaban J connectivity index is 0.000000315. The molecule has 0 atom stereocenters. The average Bonchev–Trinajstić information content (AvgIpc) is 2.62. The highest BCUT2D eigenvalue weighted by Crippen LogP contribution is 1.99. The Morgan fingerprint density at radius 1 is 0.636 bits per heavy atom. The highest BCUT2D eigenvalue weighted by atomic mass is 16.5. The second-order valence-corrected chi connectivity index (χ2v) is 5.12. The fourth-order valence-electron chi connectivity index (χ4n) is 1.88. The largest absolute Gasteiger partial charge is 0.385 e. The van der Waals surface area contributed by atoms with Gasteiger partial charge in [-0.3, -0.25) is 0 Å². The number of morpholine rings is 2. The number of methoxy groups -OCH3 is 2. The van der Waals surface area contributed by atoms with Crippen molar-refractivity contribution >= 4 is 0 Å². The van der Waals surface area contributed by atoms with Crippen LogP contribution in [0.3, 0.4) is 0 Å². The van der Waals surface area contributed by atoms with Gasteiger partial charge in [-0.15, -0.1) is 0 Å². The third-order valence-corrected chi connectivity index (χ3v) is 3.14. The van der Waals surface area contributed by atoms with Crippen LogP contribution in [0.4, 0.5) is 0 Å². The Morgan fingerprint density at radius 2 is 1.00 bits per heavy atom. The van der Waals surface area contributed by atoms with Crippen LogP contribution in [0, 0.1) is 0 Å². The van der Waals surface area contributed by atoms with Crippen LogP contribution in [0.2, 0.25) is 0 Å². The third-order valence-electron chi connectivity index (χ3n) is 3.14. The standard InChI is InChI=1S/C8H18O2.2C4H9NO/c1-9-7-5-3-4-6-8-10-2;2*1-3-6-4-2-5-1/h3-8H2,1-2H3;2*5H,1-4H2. The minimum atomic E-state index is 0.889. The molecule has 0 unspecified atom stereocenters. The van der Waals surface area contributed by atoms with Crippen LogP contribution in [-0.2, 0) is 18.9 Å². The molecule has 0 bridgehead atoms. The van der Waals surface area contributed by atoms with Gasteiger partial charge in [-0.25, -0.2) is 0 Å². The van der Waals surface area contributed by atoms with Crippen LogP contribution in [0.15, 0.2) is 0 Å². The first-order chi connectivity index (χ1) is 10.9. The van der Waals surface area contributed by atoms with E-state index >= 15 is 0 Å². The first-order valence-corrected chi connectivity index (χ1v) is 8.46. The molecule has 0 aromatic carbocycles. The maximum Gasteiger partial charge on any atom is 0.0591 e. The molecule has 134 valence electrons. The van der Waals surface area contributed by atoms with Crippen molar-refractivity contribution in [3.05, 3.63) is 0 Å². The molecule has 6 nitrogen and oxygen atoms in total. The molecule has 0 radical (unpaired) electrons. The molecule has 2 aliphatic heterocycles. The minimum absolute atomic E-state index is 0.889. The molecule has 0 aliphatic carbocycles. The predicted molar refractivity (Wildman–Crippen MR) is 89.6 cm³/mol. The molecule has 0 spiro atoms. The van der Waals surface area contributed by atoms with Crippen molar-refractivity contribution < 1.29 is 18.9 Å². The van der Waals surface area contributed by atoms with E-state index < -0.39 is 0 Å². The molecule has 6 heteroatoms. The van der Waals surface area contributed by atoms with E-state index in [-0.39, 0.29) is 0 Å². The topological polar surface area (TPSA) is 61.0 Å². The maximum atomic E-state index is 5.01. The van der Waals surface area contributed by atoms with Crippen LogP contribution < -0.4 is 10.6 Å². The Kier molecular flexibility index (Phi) is 20.5. The van der Waals surface area contributed by atoms with Crippen molar-refractivity contribution in [2.45, 2.75) is 25.7 Å². The first-order valence-electron chi connectivity index (χ1n) is 8.46. The highest BCUT2D eigenvalue weighted by molar-refractivity contribution is 4.50. The SMILES string of the molecule is C1COCCN1.C1COCCN1.COCCCCCCOC. The second-order valence-electron chi connectivity index (χ2n) is 5.12. The lowest BCUT2D eigenvalue weighted by Gasteiger charge is -2.10. The molecule has 22 heavy (non-hydrogen) atoms. The van der Waals surface area contributed by atoms with Gasteiger partial charge in [0.15, 0.2) is 0 Å². The monoisotopic (exact) mass is 320 g/mol. The normalized spacial score (nSPS) is 17.7. The van der Waals surface area contributed by atoms with E-state index in [1.54, 1.807) is 14.2 Å². The lowest BCUT2D eigenvalue weighted by atomic mass is 10.2.